The minimum Gasteiger partial charge on any atom is -0.481 e. The molecule has 0 saturated carbocycles. The van der Waals surface area contributed by atoms with Crippen LogP contribution in [-0.2, 0) is 26.7 Å². The van der Waals surface area contributed by atoms with Gasteiger partial charge in [0.1, 0.15) is 5.82 Å². The molecule has 0 atom stereocenters. The van der Waals surface area contributed by atoms with E-state index >= 15 is 0 Å². The van der Waals surface area contributed by atoms with Crippen molar-refractivity contribution in [1.29, 1.82) is 5.26 Å². The van der Waals surface area contributed by atoms with E-state index in [0.29, 0.717) is 33.7 Å². The molecule has 0 aliphatic carbocycles. The van der Waals surface area contributed by atoms with Crippen molar-refractivity contribution >= 4 is 15.9 Å². The molecule has 0 aliphatic rings. The third-order valence-corrected chi connectivity index (χ3v) is 7.23. The third kappa shape index (κ3) is 5.89. The highest BCUT2D eigenvalue weighted by atomic mass is 32.2. The number of amides is 1. The van der Waals surface area contributed by atoms with Gasteiger partial charge in [0.25, 0.3) is 10.0 Å². The molecule has 0 saturated heterocycles. The summed E-state index contributed by atoms with van der Waals surface area (Å²) in [6.45, 7) is 7.09. The predicted molar refractivity (Wildman–Crippen MR) is 134 cm³/mol. The fraction of sp³-hybridized carbons (Fsp3) is 0.296. The number of hydrogen-bond donors (Lipinski definition) is 1. The zero-order chi connectivity index (χ0) is 26.7. The summed E-state index contributed by atoms with van der Waals surface area (Å²) in [7, 11) is -2.75. The Morgan fingerprint density at radius 1 is 1.19 bits per heavy atom. The normalized spacial score (nSPS) is 11.7. The molecular weight excluding hydrogens is 481 g/mol. The van der Waals surface area contributed by atoms with Gasteiger partial charge in [0, 0.05) is 12.3 Å². The Morgan fingerprint density at radius 2 is 1.92 bits per heavy atom. The smallest absolute Gasteiger partial charge is 0.264 e. The lowest BCUT2D eigenvalue weighted by Gasteiger charge is -2.19. The number of pyridine rings is 1. The summed E-state index contributed by atoms with van der Waals surface area (Å²) in [6.07, 6.45) is 1.22. The number of carbonyl (C=O) groups is 1. The number of hydrogen-bond acceptors (Lipinski definition) is 6. The SMILES string of the molecule is COc1cc(-c2cc(F)cc(C(C)C)c2CC(=O)NS(=O)(=O)c2cccc(C(C)(C)C#N)c2)ccn1. The largest absolute Gasteiger partial charge is 0.481 e. The van der Waals surface area contributed by atoms with Crippen LogP contribution in [0.1, 0.15) is 50.3 Å². The van der Waals surface area contributed by atoms with Crippen LogP contribution in [0.25, 0.3) is 11.1 Å². The summed E-state index contributed by atoms with van der Waals surface area (Å²) in [5, 5.41) is 9.39. The average molecular weight is 510 g/mol. The number of benzene rings is 2. The van der Waals surface area contributed by atoms with Gasteiger partial charge in [-0.15, -0.1) is 0 Å². The van der Waals surface area contributed by atoms with Gasteiger partial charge in [-0.3, -0.25) is 4.79 Å². The summed E-state index contributed by atoms with van der Waals surface area (Å²) in [5.74, 6) is -1.05. The second-order valence-electron chi connectivity index (χ2n) is 9.23. The summed E-state index contributed by atoms with van der Waals surface area (Å²) in [5.41, 5.74) is 1.73. The van der Waals surface area contributed by atoms with Crippen LogP contribution in [-0.4, -0.2) is 26.4 Å². The fourth-order valence-electron chi connectivity index (χ4n) is 3.84. The van der Waals surface area contributed by atoms with Gasteiger partial charge >= 0.3 is 0 Å². The first kappa shape index (κ1) is 26.8. The van der Waals surface area contributed by atoms with Gasteiger partial charge in [-0.2, -0.15) is 5.26 Å². The van der Waals surface area contributed by atoms with Gasteiger partial charge in [0.15, 0.2) is 0 Å². The van der Waals surface area contributed by atoms with Crippen molar-refractivity contribution in [2.75, 3.05) is 7.11 Å². The Kier molecular flexibility index (Phi) is 7.80. The molecule has 0 aliphatic heterocycles. The molecule has 0 unspecified atom stereocenters. The number of methoxy groups -OCH3 is 1. The highest BCUT2D eigenvalue weighted by molar-refractivity contribution is 7.90. The average Bonchev–Trinajstić information content (AvgIpc) is 2.84. The van der Waals surface area contributed by atoms with E-state index in [1.165, 1.54) is 43.6 Å². The van der Waals surface area contributed by atoms with Crippen molar-refractivity contribution in [3.8, 4) is 23.1 Å². The van der Waals surface area contributed by atoms with Crippen LogP contribution in [0.2, 0.25) is 0 Å². The standard InChI is InChI=1S/C27H28FN3O4S/c1-17(2)22-13-20(28)14-23(18-9-10-30-26(11-18)35-5)24(22)15-25(32)31-36(33,34)21-8-6-7-19(12-21)27(3,4)16-29/h6-14,17H,15H2,1-5H3,(H,31,32). The molecule has 2 aromatic carbocycles. The maximum absolute atomic E-state index is 14.6. The van der Waals surface area contributed by atoms with Gasteiger partial charge < -0.3 is 4.74 Å². The lowest BCUT2D eigenvalue weighted by atomic mass is 9.86. The molecule has 1 N–H and O–H groups in total. The molecule has 0 radical (unpaired) electrons. The maximum atomic E-state index is 14.6. The molecule has 1 amide bonds. The van der Waals surface area contributed by atoms with Crippen LogP contribution in [0.5, 0.6) is 5.88 Å². The molecule has 7 nitrogen and oxygen atoms in total. The lowest BCUT2D eigenvalue weighted by molar-refractivity contribution is -0.118. The van der Waals surface area contributed by atoms with Gasteiger partial charge in [0.2, 0.25) is 11.8 Å². The minimum absolute atomic E-state index is 0.126. The van der Waals surface area contributed by atoms with Crippen molar-refractivity contribution < 1.29 is 22.3 Å². The highest BCUT2D eigenvalue weighted by Crippen LogP contribution is 2.33. The first-order chi connectivity index (χ1) is 16.9. The van der Waals surface area contributed by atoms with E-state index in [1.54, 1.807) is 32.0 Å². The van der Waals surface area contributed by atoms with Crippen molar-refractivity contribution in [1.82, 2.24) is 9.71 Å². The van der Waals surface area contributed by atoms with Crippen molar-refractivity contribution in [3.63, 3.8) is 0 Å². The van der Waals surface area contributed by atoms with Crippen molar-refractivity contribution in [3.05, 3.63) is 77.2 Å². The molecular formula is C27H28FN3O4S. The molecule has 188 valence electrons. The molecule has 1 aromatic heterocycles. The Balaban J connectivity index is 2.00. The number of nitriles is 1. The molecule has 0 spiro atoms. The van der Waals surface area contributed by atoms with Gasteiger partial charge in [-0.1, -0.05) is 26.0 Å². The van der Waals surface area contributed by atoms with Gasteiger partial charge in [-0.25, -0.2) is 22.5 Å². The monoisotopic (exact) mass is 509 g/mol. The summed E-state index contributed by atoms with van der Waals surface area (Å²) >= 11 is 0. The molecule has 36 heavy (non-hydrogen) atoms. The number of rotatable bonds is 8. The Hall–Kier alpha value is -3.77. The van der Waals surface area contributed by atoms with E-state index in [0.717, 1.165) is 0 Å². The van der Waals surface area contributed by atoms with Crippen LogP contribution in [0.15, 0.2) is 59.6 Å². The van der Waals surface area contributed by atoms with Crippen LogP contribution in [0.3, 0.4) is 0 Å². The van der Waals surface area contributed by atoms with Crippen LogP contribution >= 0.6 is 0 Å². The molecule has 9 heteroatoms. The summed E-state index contributed by atoms with van der Waals surface area (Å²) in [4.78, 5) is 17.0. The lowest BCUT2D eigenvalue weighted by Crippen LogP contribution is -2.32. The number of carbonyl (C=O) groups excluding carboxylic acids is 1. The van der Waals surface area contributed by atoms with E-state index < -0.39 is 27.2 Å². The number of nitrogens with zero attached hydrogens (tertiary/aromatic N) is 2. The fourth-order valence-corrected chi connectivity index (χ4v) is 4.87. The zero-order valence-corrected chi connectivity index (χ0v) is 21.6. The topological polar surface area (TPSA) is 109 Å². The number of sulfonamides is 1. The number of ether oxygens (including phenoxy) is 1. The number of halogens is 1. The van der Waals surface area contributed by atoms with E-state index in [1.807, 2.05) is 13.8 Å². The predicted octanol–water partition coefficient (Wildman–Crippen LogP) is 4.87. The van der Waals surface area contributed by atoms with Crippen molar-refractivity contribution in [2.24, 2.45) is 0 Å². The molecule has 1 heterocycles. The number of aromatic nitrogens is 1. The van der Waals surface area contributed by atoms with Gasteiger partial charge in [-0.05, 0) is 77.9 Å². The third-order valence-electron chi connectivity index (χ3n) is 5.86. The van der Waals surface area contributed by atoms with Crippen LogP contribution in [0.4, 0.5) is 4.39 Å². The highest BCUT2D eigenvalue weighted by Gasteiger charge is 2.25. The Bertz CT molecular complexity index is 1440. The Labute approximate surface area is 211 Å². The second kappa shape index (κ2) is 10.5. The van der Waals surface area contributed by atoms with E-state index in [-0.39, 0.29) is 17.2 Å². The molecule has 3 aromatic rings. The van der Waals surface area contributed by atoms with E-state index in [4.69, 9.17) is 4.74 Å². The quantitative estimate of drug-likeness (QED) is 0.464. The van der Waals surface area contributed by atoms with Crippen LogP contribution < -0.4 is 9.46 Å². The number of nitrogens with one attached hydrogen (secondary N) is 1. The van der Waals surface area contributed by atoms with E-state index in [2.05, 4.69) is 15.8 Å². The maximum Gasteiger partial charge on any atom is 0.264 e. The van der Waals surface area contributed by atoms with Crippen molar-refractivity contribution in [2.45, 2.75) is 50.3 Å². The van der Waals surface area contributed by atoms with Crippen LogP contribution in [0, 0.1) is 17.1 Å². The summed E-state index contributed by atoms with van der Waals surface area (Å²) in [6, 6.07) is 14.0. The Morgan fingerprint density at radius 3 is 2.56 bits per heavy atom. The second-order valence-corrected chi connectivity index (χ2v) is 10.9. The zero-order valence-electron chi connectivity index (χ0n) is 20.8. The first-order valence-electron chi connectivity index (χ1n) is 11.3. The minimum atomic E-state index is -4.21. The molecule has 3 rings (SSSR count). The molecule has 0 fully saturated rings. The van der Waals surface area contributed by atoms with E-state index in [9.17, 15) is 22.9 Å². The molecule has 0 bridgehead atoms. The summed E-state index contributed by atoms with van der Waals surface area (Å²) < 4.78 is 47.9. The van der Waals surface area contributed by atoms with Gasteiger partial charge in [0.05, 0.1) is 29.9 Å². The first-order valence-corrected chi connectivity index (χ1v) is 12.8.